The van der Waals surface area contributed by atoms with Crippen LogP contribution in [0.25, 0.3) is 0 Å². The van der Waals surface area contributed by atoms with Crippen LogP contribution >= 0.6 is 12.2 Å². The normalized spacial score (nSPS) is 10.9. The predicted molar refractivity (Wildman–Crippen MR) is 134 cm³/mol. The predicted octanol–water partition coefficient (Wildman–Crippen LogP) is 4.30. The highest BCUT2D eigenvalue weighted by molar-refractivity contribution is 7.92. The van der Waals surface area contributed by atoms with E-state index in [-0.39, 0.29) is 16.6 Å². The summed E-state index contributed by atoms with van der Waals surface area (Å²) in [5.74, 6) is 0.182. The summed E-state index contributed by atoms with van der Waals surface area (Å²) in [5.41, 5.74) is 4.00. The third-order valence-electron chi connectivity index (χ3n) is 4.51. The van der Waals surface area contributed by atoms with Crippen molar-refractivity contribution in [3.05, 3.63) is 83.4 Å². The van der Waals surface area contributed by atoms with Gasteiger partial charge in [-0.2, -0.15) is 0 Å². The minimum Gasteiger partial charge on any atom is -0.484 e. The van der Waals surface area contributed by atoms with Crippen molar-refractivity contribution >= 4 is 44.6 Å². The molecule has 0 spiro atoms. The van der Waals surface area contributed by atoms with Gasteiger partial charge in [-0.3, -0.25) is 14.8 Å². The van der Waals surface area contributed by atoms with Crippen LogP contribution in [0.3, 0.4) is 0 Å². The molecular formula is C24H25N3O4S2. The third-order valence-corrected chi connectivity index (χ3v) is 6.11. The van der Waals surface area contributed by atoms with Gasteiger partial charge in [0.05, 0.1) is 4.90 Å². The average molecular weight is 484 g/mol. The Kier molecular flexibility index (Phi) is 7.67. The number of nitrogens with one attached hydrogen (secondary N) is 3. The van der Waals surface area contributed by atoms with E-state index in [0.717, 1.165) is 16.7 Å². The van der Waals surface area contributed by atoms with E-state index in [9.17, 15) is 13.2 Å². The van der Waals surface area contributed by atoms with Crippen molar-refractivity contribution in [3.8, 4) is 5.75 Å². The molecule has 0 bridgehead atoms. The number of thiocarbonyl (C=S) groups is 1. The zero-order chi connectivity index (χ0) is 24.0. The van der Waals surface area contributed by atoms with Gasteiger partial charge in [0.15, 0.2) is 11.7 Å². The Bertz CT molecular complexity index is 1250. The first-order valence-electron chi connectivity index (χ1n) is 10.1. The van der Waals surface area contributed by atoms with Gasteiger partial charge in [0.1, 0.15) is 5.75 Å². The number of carbonyl (C=O) groups excluding carboxylic acids is 1. The van der Waals surface area contributed by atoms with Crippen LogP contribution in [0, 0.1) is 20.8 Å². The second-order valence-corrected chi connectivity index (χ2v) is 9.70. The van der Waals surface area contributed by atoms with Crippen LogP contribution in [0.2, 0.25) is 0 Å². The first kappa shape index (κ1) is 24.2. The minimum atomic E-state index is -3.74. The van der Waals surface area contributed by atoms with Crippen LogP contribution < -0.4 is 20.1 Å². The van der Waals surface area contributed by atoms with Gasteiger partial charge < -0.3 is 10.1 Å². The average Bonchev–Trinajstić information content (AvgIpc) is 2.71. The monoisotopic (exact) mass is 483 g/mol. The third kappa shape index (κ3) is 7.30. The highest BCUT2D eigenvalue weighted by Gasteiger charge is 2.15. The number of aryl methyl sites for hydroxylation is 3. The molecule has 33 heavy (non-hydrogen) atoms. The summed E-state index contributed by atoms with van der Waals surface area (Å²) in [6.45, 7) is 5.55. The lowest BCUT2D eigenvalue weighted by Gasteiger charge is -2.12. The second-order valence-electron chi connectivity index (χ2n) is 7.61. The quantitative estimate of drug-likeness (QED) is 0.434. The Morgan fingerprint density at radius 1 is 0.879 bits per heavy atom. The number of amides is 1. The molecule has 3 aromatic carbocycles. The van der Waals surface area contributed by atoms with E-state index < -0.39 is 15.9 Å². The fourth-order valence-electron chi connectivity index (χ4n) is 3.14. The van der Waals surface area contributed by atoms with Gasteiger partial charge in [-0.1, -0.05) is 18.2 Å². The Hall–Kier alpha value is -3.43. The molecule has 0 unspecified atom stereocenters. The van der Waals surface area contributed by atoms with Crippen LogP contribution in [0.4, 0.5) is 11.4 Å². The number of ether oxygens (including phenoxy) is 1. The molecule has 0 aliphatic heterocycles. The lowest BCUT2D eigenvalue weighted by atomic mass is 10.1. The molecule has 9 heteroatoms. The molecule has 0 saturated heterocycles. The van der Waals surface area contributed by atoms with E-state index in [1.165, 1.54) is 12.1 Å². The highest BCUT2D eigenvalue weighted by atomic mass is 32.2. The topological polar surface area (TPSA) is 96.5 Å². The van der Waals surface area contributed by atoms with Gasteiger partial charge in [0, 0.05) is 11.4 Å². The Labute approximate surface area is 199 Å². The van der Waals surface area contributed by atoms with Gasteiger partial charge in [0.25, 0.3) is 15.9 Å². The fraction of sp³-hybridized carbons (Fsp3) is 0.167. The molecule has 0 heterocycles. The van der Waals surface area contributed by atoms with E-state index in [0.29, 0.717) is 17.1 Å². The van der Waals surface area contributed by atoms with E-state index in [4.69, 9.17) is 17.0 Å². The number of benzene rings is 3. The van der Waals surface area contributed by atoms with E-state index in [2.05, 4.69) is 15.4 Å². The SMILES string of the molecule is Cc1cc(C)cc(NS(=O)(=O)c2ccc(NC(=S)NC(=O)COc3cccc(C)c3)cc2)c1. The summed E-state index contributed by atoms with van der Waals surface area (Å²) in [6, 6.07) is 18.9. The molecule has 0 aliphatic rings. The number of hydrogen-bond acceptors (Lipinski definition) is 5. The van der Waals surface area contributed by atoms with Crippen molar-refractivity contribution in [2.24, 2.45) is 0 Å². The molecule has 0 aromatic heterocycles. The number of carbonyl (C=O) groups is 1. The highest BCUT2D eigenvalue weighted by Crippen LogP contribution is 2.20. The number of anilines is 2. The molecule has 0 fully saturated rings. The van der Waals surface area contributed by atoms with Gasteiger partial charge >= 0.3 is 0 Å². The molecular weight excluding hydrogens is 458 g/mol. The van der Waals surface area contributed by atoms with Gasteiger partial charge in [-0.05, 0) is 98.2 Å². The minimum absolute atomic E-state index is 0.0804. The zero-order valence-electron chi connectivity index (χ0n) is 18.5. The Morgan fingerprint density at radius 2 is 1.55 bits per heavy atom. The molecule has 0 saturated carbocycles. The van der Waals surface area contributed by atoms with E-state index in [1.54, 1.807) is 30.3 Å². The van der Waals surface area contributed by atoms with Crippen molar-refractivity contribution in [2.75, 3.05) is 16.6 Å². The largest absolute Gasteiger partial charge is 0.484 e. The summed E-state index contributed by atoms with van der Waals surface area (Å²) < 4.78 is 33.4. The van der Waals surface area contributed by atoms with Gasteiger partial charge in [0.2, 0.25) is 0 Å². The van der Waals surface area contributed by atoms with Crippen molar-refractivity contribution in [3.63, 3.8) is 0 Å². The number of hydrogen-bond donors (Lipinski definition) is 3. The molecule has 7 nitrogen and oxygen atoms in total. The lowest BCUT2D eigenvalue weighted by molar-refractivity contribution is -0.121. The van der Waals surface area contributed by atoms with Crippen molar-refractivity contribution in [1.82, 2.24) is 5.32 Å². The number of sulfonamides is 1. The molecule has 3 aromatic rings. The molecule has 172 valence electrons. The fourth-order valence-corrected chi connectivity index (χ4v) is 4.42. The standard InChI is InChI=1S/C24H25N3O4S2/c1-16-5-4-6-21(14-16)31-15-23(28)26-24(32)25-19-7-9-22(10-8-19)33(29,30)27-20-12-17(2)11-18(3)13-20/h4-14,27H,15H2,1-3H3,(H2,25,26,28,32). The smallest absolute Gasteiger partial charge is 0.264 e. The van der Waals surface area contributed by atoms with Crippen LogP contribution in [-0.2, 0) is 14.8 Å². The van der Waals surface area contributed by atoms with E-state index in [1.807, 2.05) is 45.0 Å². The molecule has 3 N–H and O–H groups in total. The first-order chi connectivity index (χ1) is 15.6. The summed E-state index contributed by atoms with van der Waals surface area (Å²) in [7, 11) is -3.74. The van der Waals surface area contributed by atoms with Gasteiger partial charge in [-0.15, -0.1) is 0 Å². The van der Waals surface area contributed by atoms with Crippen LogP contribution in [-0.4, -0.2) is 26.0 Å². The first-order valence-corrected chi connectivity index (χ1v) is 12.0. The molecule has 3 rings (SSSR count). The maximum atomic E-state index is 12.7. The lowest BCUT2D eigenvalue weighted by Crippen LogP contribution is -2.37. The summed E-state index contributed by atoms with van der Waals surface area (Å²) in [4.78, 5) is 12.2. The molecule has 1 amide bonds. The second kappa shape index (κ2) is 10.5. The molecule has 0 radical (unpaired) electrons. The Morgan fingerprint density at radius 3 is 2.18 bits per heavy atom. The zero-order valence-corrected chi connectivity index (χ0v) is 20.1. The maximum Gasteiger partial charge on any atom is 0.264 e. The summed E-state index contributed by atoms with van der Waals surface area (Å²) in [6.07, 6.45) is 0. The summed E-state index contributed by atoms with van der Waals surface area (Å²) in [5, 5.41) is 5.46. The van der Waals surface area contributed by atoms with Crippen LogP contribution in [0.5, 0.6) is 5.75 Å². The van der Waals surface area contributed by atoms with Crippen LogP contribution in [0.15, 0.2) is 71.6 Å². The number of rotatable bonds is 7. The maximum absolute atomic E-state index is 12.7. The Balaban J connectivity index is 1.54. The van der Waals surface area contributed by atoms with Gasteiger partial charge in [-0.25, -0.2) is 8.42 Å². The van der Waals surface area contributed by atoms with Crippen molar-refractivity contribution in [1.29, 1.82) is 0 Å². The van der Waals surface area contributed by atoms with Crippen molar-refractivity contribution in [2.45, 2.75) is 25.7 Å². The van der Waals surface area contributed by atoms with Crippen molar-refractivity contribution < 1.29 is 17.9 Å². The van der Waals surface area contributed by atoms with E-state index >= 15 is 0 Å². The summed E-state index contributed by atoms with van der Waals surface area (Å²) >= 11 is 5.15. The molecule has 0 atom stereocenters. The molecule has 0 aliphatic carbocycles. The van der Waals surface area contributed by atoms with Crippen LogP contribution in [0.1, 0.15) is 16.7 Å².